The van der Waals surface area contributed by atoms with Gasteiger partial charge in [-0.25, -0.2) is 4.57 Å². The van der Waals surface area contributed by atoms with E-state index in [2.05, 4.69) is 62.5 Å². The summed E-state index contributed by atoms with van der Waals surface area (Å²) in [5.74, 6) is -0.510. The summed E-state index contributed by atoms with van der Waals surface area (Å²) in [6.07, 6.45) is 66.9. The van der Waals surface area contributed by atoms with Crippen LogP contribution >= 0.6 is 7.82 Å². The highest BCUT2D eigenvalue weighted by Crippen LogP contribution is 2.43. The van der Waals surface area contributed by atoms with Crippen molar-refractivity contribution in [2.24, 2.45) is 0 Å². The zero-order valence-electron chi connectivity index (χ0n) is 49.6. The predicted octanol–water partition coefficient (Wildman–Crippen LogP) is 19.3. The number of unbranched alkanes of at least 4 members (excludes halogenated alkanes) is 35. The number of nitrogens with one attached hydrogen (secondary N) is 1. The van der Waals surface area contributed by atoms with Gasteiger partial charge in [0.15, 0.2) is 0 Å². The van der Waals surface area contributed by atoms with Gasteiger partial charge < -0.3 is 19.4 Å². The van der Waals surface area contributed by atoms with Gasteiger partial charge in [0.05, 0.1) is 33.8 Å². The highest BCUT2D eigenvalue weighted by molar-refractivity contribution is 7.47. The molecule has 0 spiro atoms. The van der Waals surface area contributed by atoms with Gasteiger partial charge in [0.2, 0.25) is 5.91 Å². The summed E-state index contributed by atoms with van der Waals surface area (Å²) in [7, 11) is 1.49. The number of esters is 1. The van der Waals surface area contributed by atoms with Crippen LogP contribution in [0.2, 0.25) is 0 Å². The average molecular weight is 1060 g/mol. The number of rotatable bonds is 57. The maximum Gasteiger partial charge on any atom is 0.472 e. The topological polar surface area (TPSA) is 111 Å². The molecule has 0 heterocycles. The van der Waals surface area contributed by atoms with E-state index in [1.807, 2.05) is 33.3 Å². The Kier molecular flexibility index (Phi) is 52.8. The Bertz CT molecular complexity index is 1410. The molecule has 0 aromatic heterocycles. The number of amides is 1. The van der Waals surface area contributed by atoms with Gasteiger partial charge in [0.25, 0.3) is 0 Å². The van der Waals surface area contributed by atoms with Crippen molar-refractivity contribution in [1.29, 1.82) is 0 Å². The number of phosphoric acid groups is 1. The normalized spacial score (nSPS) is 14.0. The number of ether oxygens (including phenoxy) is 1. The van der Waals surface area contributed by atoms with Gasteiger partial charge in [-0.3, -0.25) is 18.6 Å². The number of allylic oxidation sites excluding steroid dienone is 7. The van der Waals surface area contributed by atoms with Crippen LogP contribution in [-0.4, -0.2) is 74.3 Å². The third-order valence-corrected chi connectivity index (χ3v) is 15.0. The Morgan fingerprint density at radius 1 is 0.486 bits per heavy atom. The molecular weight excluding hydrogens is 940 g/mol. The van der Waals surface area contributed by atoms with Crippen LogP contribution in [0.4, 0.5) is 0 Å². The smallest absolute Gasteiger partial charge is 0.456 e. The zero-order chi connectivity index (χ0) is 54.3. The van der Waals surface area contributed by atoms with Gasteiger partial charge >= 0.3 is 13.8 Å². The Morgan fingerprint density at radius 3 is 1.30 bits per heavy atom. The van der Waals surface area contributed by atoms with Gasteiger partial charge in [-0.05, 0) is 63.9 Å². The van der Waals surface area contributed by atoms with Crippen molar-refractivity contribution >= 4 is 19.7 Å². The van der Waals surface area contributed by atoms with E-state index in [9.17, 15) is 19.0 Å². The van der Waals surface area contributed by atoms with E-state index in [0.29, 0.717) is 23.9 Å². The zero-order valence-corrected chi connectivity index (χ0v) is 50.5. The molecular formula is C64H122N2O7P+. The first-order valence-electron chi connectivity index (χ1n) is 31.5. The molecule has 74 heavy (non-hydrogen) atoms. The van der Waals surface area contributed by atoms with E-state index in [-0.39, 0.29) is 25.1 Å². The Hall–Kier alpha value is -2.03. The minimum atomic E-state index is -4.45. The van der Waals surface area contributed by atoms with Crippen LogP contribution in [0.25, 0.3) is 0 Å². The van der Waals surface area contributed by atoms with E-state index in [4.69, 9.17) is 13.8 Å². The number of likely N-dealkylation sites (N-methyl/N-ethyl adjacent to an activating group) is 1. The third-order valence-electron chi connectivity index (χ3n) is 14.0. The second-order valence-electron chi connectivity index (χ2n) is 22.6. The third kappa shape index (κ3) is 54.7. The number of carbonyl (C=O) groups is 2. The molecule has 0 saturated carbocycles. The molecule has 2 N–H and O–H groups in total. The van der Waals surface area contributed by atoms with E-state index in [0.717, 1.165) is 89.9 Å². The summed E-state index contributed by atoms with van der Waals surface area (Å²) in [5.41, 5.74) is 0. The molecule has 0 aliphatic heterocycles. The van der Waals surface area contributed by atoms with Gasteiger partial charge in [0.1, 0.15) is 19.3 Å². The highest BCUT2D eigenvalue weighted by atomic mass is 31.2. The monoisotopic (exact) mass is 1060 g/mol. The van der Waals surface area contributed by atoms with E-state index >= 15 is 0 Å². The van der Waals surface area contributed by atoms with Crippen LogP contribution in [0.15, 0.2) is 48.6 Å². The van der Waals surface area contributed by atoms with Gasteiger partial charge in [-0.1, -0.05) is 269 Å². The van der Waals surface area contributed by atoms with Crippen molar-refractivity contribution in [2.45, 2.75) is 309 Å². The molecule has 0 fully saturated rings. The minimum Gasteiger partial charge on any atom is -0.456 e. The number of nitrogens with zero attached hydrogens (tertiary/aromatic N) is 1. The number of phosphoric ester groups is 1. The molecule has 1 amide bonds. The molecule has 0 saturated heterocycles. The molecule has 9 nitrogen and oxygen atoms in total. The van der Waals surface area contributed by atoms with Crippen LogP contribution in [0, 0.1) is 0 Å². The lowest BCUT2D eigenvalue weighted by Crippen LogP contribution is -2.47. The lowest BCUT2D eigenvalue weighted by atomic mass is 10.0. The standard InChI is InChI=1S/C64H121N2O7P/c1-7-10-13-16-19-22-25-27-29-31-32-33-34-35-37-39-42-45-48-51-54-57-64(68)73-62(55-52-49-46-43-40-24-21-18-15-12-9-3)61(60-72-74(69,70)71-59-58-66(4,5)6)65-63(67)56-53-50-47-44-41-38-36-30-28-26-23-20-17-14-11-8-2/h11,14,20,23,28,30,52,55,61-62H,7-10,12-13,15-19,21-22,24-27,29,31-51,53-54,56-60H2,1-6H3,(H-,65,67,69,70)/p+1/b14-11+,23-20+,30-28+,55-52+. The fourth-order valence-corrected chi connectivity index (χ4v) is 9.93. The number of quaternary nitrogens is 1. The van der Waals surface area contributed by atoms with E-state index < -0.39 is 20.0 Å². The van der Waals surface area contributed by atoms with Crippen molar-refractivity contribution in [3.8, 4) is 0 Å². The lowest BCUT2D eigenvalue weighted by molar-refractivity contribution is -0.870. The SMILES string of the molecule is CC/C=C/C/C=C/C/C=C/CCCCCCCCC(=O)NC(COP(=O)(O)OCC[N+](C)(C)C)C(/C=C/CCCCCCCCCCC)OC(=O)CCCCCCCCCCCCCCCCCCCCCCC. The van der Waals surface area contributed by atoms with Gasteiger partial charge in [-0.2, -0.15) is 0 Å². The quantitative estimate of drug-likeness (QED) is 0.0205. The van der Waals surface area contributed by atoms with Crippen molar-refractivity contribution < 1.29 is 37.3 Å². The second-order valence-corrected chi connectivity index (χ2v) is 24.0. The summed E-state index contributed by atoms with van der Waals surface area (Å²) in [6, 6.07) is -0.852. The molecule has 434 valence electrons. The maximum absolute atomic E-state index is 13.5. The average Bonchev–Trinajstić information content (AvgIpc) is 3.36. The van der Waals surface area contributed by atoms with Crippen LogP contribution in [0.5, 0.6) is 0 Å². The van der Waals surface area contributed by atoms with E-state index in [1.54, 1.807) is 0 Å². The van der Waals surface area contributed by atoms with Crippen LogP contribution in [-0.2, 0) is 27.9 Å². The Balaban J connectivity index is 5.16. The minimum absolute atomic E-state index is 0.0383. The summed E-state index contributed by atoms with van der Waals surface area (Å²) >= 11 is 0. The predicted molar refractivity (Wildman–Crippen MR) is 319 cm³/mol. The number of carbonyl (C=O) groups excluding carboxylic acids is 2. The molecule has 0 rings (SSSR count). The van der Waals surface area contributed by atoms with Crippen LogP contribution < -0.4 is 5.32 Å². The van der Waals surface area contributed by atoms with Crippen molar-refractivity contribution in [2.75, 3.05) is 40.9 Å². The lowest BCUT2D eigenvalue weighted by Gasteiger charge is -2.27. The van der Waals surface area contributed by atoms with Crippen molar-refractivity contribution in [1.82, 2.24) is 5.32 Å². The van der Waals surface area contributed by atoms with Gasteiger partial charge in [-0.15, -0.1) is 0 Å². The molecule has 0 aromatic carbocycles. The first-order valence-corrected chi connectivity index (χ1v) is 33.0. The van der Waals surface area contributed by atoms with Crippen molar-refractivity contribution in [3.63, 3.8) is 0 Å². The van der Waals surface area contributed by atoms with Crippen molar-refractivity contribution in [3.05, 3.63) is 48.6 Å². The second kappa shape index (κ2) is 54.3. The molecule has 10 heteroatoms. The molecule has 0 radical (unpaired) electrons. The number of hydrogen-bond acceptors (Lipinski definition) is 6. The molecule has 3 atom stereocenters. The summed E-state index contributed by atoms with van der Waals surface area (Å²) < 4.78 is 30.7. The van der Waals surface area contributed by atoms with E-state index in [1.165, 1.54) is 173 Å². The first-order chi connectivity index (χ1) is 35.9. The summed E-state index contributed by atoms with van der Waals surface area (Å²) in [6.45, 7) is 6.92. The Labute approximate surface area is 458 Å². The molecule has 0 aliphatic rings. The fraction of sp³-hybridized carbons (Fsp3) is 0.844. The van der Waals surface area contributed by atoms with Gasteiger partial charge in [0, 0.05) is 12.8 Å². The van der Waals surface area contributed by atoms with Crippen LogP contribution in [0.3, 0.4) is 0 Å². The maximum atomic E-state index is 13.5. The number of hydrogen-bond donors (Lipinski definition) is 2. The van der Waals surface area contributed by atoms with Crippen LogP contribution in [0.1, 0.15) is 297 Å². The summed E-state index contributed by atoms with van der Waals surface area (Å²) in [5, 5.41) is 3.05. The molecule has 3 unspecified atom stereocenters. The molecule has 0 aliphatic carbocycles. The molecule has 0 aromatic rings. The largest absolute Gasteiger partial charge is 0.472 e. The summed E-state index contributed by atoms with van der Waals surface area (Å²) in [4.78, 5) is 37.7. The highest BCUT2D eigenvalue weighted by Gasteiger charge is 2.30. The first kappa shape index (κ1) is 72.0. The fourth-order valence-electron chi connectivity index (χ4n) is 9.19. The molecule has 0 bridgehead atoms. The Morgan fingerprint density at radius 2 is 0.865 bits per heavy atom.